The number of aliphatic hydroxyl groups is 1. The third-order valence-electron chi connectivity index (χ3n) is 5.94. The van der Waals surface area contributed by atoms with Crippen molar-refractivity contribution in [3.63, 3.8) is 0 Å². The summed E-state index contributed by atoms with van der Waals surface area (Å²) in [5, 5.41) is 20.0. The average Bonchev–Trinajstić information content (AvgIpc) is 3.30. The van der Waals surface area contributed by atoms with E-state index in [1.165, 1.54) is 30.2 Å². The van der Waals surface area contributed by atoms with Crippen LogP contribution in [0.4, 0.5) is 8.78 Å². The Balaban J connectivity index is 1.47. The van der Waals surface area contributed by atoms with Gasteiger partial charge in [0, 0.05) is 42.7 Å². The molecule has 1 aliphatic carbocycles. The molecule has 3 aromatic rings. The number of thiazole rings is 1. The van der Waals surface area contributed by atoms with Gasteiger partial charge in [0.25, 0.3) is 0 Å². The first kappa shape index (κ1) is 23.5. The molecular weight excluding hydrogens is 444 g/mol. The number of rotatable bonds is 8. The van der Waals surface area contributed by atoms with Gasteiger partial charge in [0.2, 0.25) is 5.91 Å². The van der Waals surface area contributed by atoms with Gasteiger partial charge in [0.1, 0.15) is 16.6 Å². The minimum absolute atomic E-state index is 0.0629. The second-order valence-electron chi connectivity index (χ2n) is 8.46. The second-order valence-corrected chi connectivity index (χ2v) is 9.35. The molecule has 0 spiro atoms. The third kappa shape index (κ3) is 6.01. The fourth-order valence-electron chi connectivity index (χ4n) is 4.44. The molecule has 1 unspecified atom stereocenters. The van der Waals surface area contributed by atoms with Crippen LogP contribution >= 0.6 is 11.3 Å². The Labute approximate surface area is 195 Å². The smallest absolute Gasteiger partial charge is 0.217 e. The number of aromatic nitrogens is 1. The average molecular weight is 472 g/mol. The van der Waals surface area contributed by atoms with Gasteiger partial charge in [0.05, 0.1) is 12.1 Å². The Morgan fingerprint density at radius 3 is 2.73 bits per heavy atom. The van der Waals surface area contributed by atoms with Gasteiger partial charge in [-0.3, -0.25) is 4.79 Å². The molecule has 8 heteroatoms. The lowest BCUT2D eigenvalue weighted by Crippen LogP contribution is -2.48. The monoisotopic (exact) mass is 471 g/mol. The van der Waals surface area contributed by atoms with Crippen LogP contribution in [0, 0.1) is 11.6 Å². The maximum Gasteiger partial charge on any atom is 0.217 e. The minimum Gasteiger partial charge on any atom is -0.390 e. The van der Waals surface area contributed by atoms with Gasteiger partial charge >= 0.3 is 0 Å². The number of aryl methyl sites for hydroxylation is 1. The van der Waals surface area contributed by atoms with Crippen molar-refractivity contribution in [2.75, 3.05) is 6.54 Å². The summed E-state index contributed by atoms with van der Waals surface area (Å²) < 4.78 is 27.2. The Kier molecular flexibility index (Phi) is 7.47. The fourth-order valence-corrected chi connectivity index (χ4v) is 5.08. The van der Waals surface area contributed by atoms with E-state index in [1.54, 1.807) is 17.5 Å². The van der Waals surface area contributed by atoms with Crippen molar-refractivity contribution in [2.24, 2.45) is 0 Å². The first-order valence-electron chi connectivity index (χ1n) is 11.1. The molecule has 3 atom stereocenters. The van der Waals surface area contributed by atoms with Gasteiger partial charge in [-0.1, -0.05) is 12.1 Å². The highest BCUT2D eigenvalue weighted by Crippen LogP contribution is 2.33. The number of hydrogen-bond acceptors (Lipinski definition) is 5. The second kappa shape index (κ2) is 10.5. The molecule has 4 rings (SSSR count). The van der Waals surface area contributed by atoms with Gasteiger partial charge < -0.3 is 15.7 Å². The number of nitrogens with zero attached hydrogens (tertiary/aromatic N) is 1. The molecule has 1 heterocycles. The van der Waals surface area contributed by atoms with Crippen LogP contribution in [0.1, 0.15) is 42.5 Å². The van der Waals surface area contributed by atoms with Gasteiger partial charge in [-0.05, 0) is 60.6 Å². The molecule has 0 bridgehead atoms. The number of aliphatic hydroxyl groups excluding tert-OH is 1. The maximum absolute atomic E-state index is 13.6. The molecule has 3 N–H and O–H groups in total. The number of nitrogens with one attached hydrogen (secondary N) is 2. The summed E-state index contributed by atoms with van der Waals surface area (Å²) >= 11 is 1.59. The maximum atomic E-state index is 13.6. The molecule has 2 aromatic carbocycles. The van der Waals surface area contributed by atoms with Crippen molar-refractivity contribution in [3.05, 3.63) is 76.3 Å². The molecule has 0 saturated carbocycles. The van der Waals surface area contributed by atoms with Crippen LogP contribution in [-0.4, -0.2) is 34.7 Å². The van der Waals surface area contributed by atoms with Crippen LogP contribution in [-0.2, 0) is 17.6 Å². The first-order valence-corrected chi connectivity index (χ1v) is 11.9. The number of fused-ring (bicyclic) bond motifs is 1. The predicted octanol–water partition coefficient (Wildman–Crippen LogP) is 4.16. The first-order chi connectivity index (χ1) is 15.9. The predicted molar refractivity (Wildman–Crippen MR) is 125 cm³/mol. The normalized spacial score (nSPS) is 17.3. The van der Waals surface area contributed by atoms with Gasteiger partial charge in [0.15, 0.2) is 0 Å². The third-order valence-corrected chi connectivity index (χ3v) is 6.77. The SMILES string of the molecule is CC(=O)N[C@@H](Cc1cc(F)cc(F)c1)[C@H](O)CNC1CCCc2ccc(-c3nccs3)cc21. The zero-order chi connectivity index (χ0) is 23.4. The van der Waals surface area contributed by atoms with E-state index >= 15 is 0 Å². The van der Waals surface area contributed by atoms with E-state index in [0.29, 0.717) is 5.56 Å². The molecule has 33 heavy (non-hydrogen) atoms. The van der Waals surface area contributed by atoms with E-state index in [9.17, 15) is 18.7 Å². The van der Waals surface area contributed by atoms with Crippen LogP contribution in [0.5, 0.6) is 0 Å². The Morgan fingerprint density at radius 1 is 1.24 bits per heavy atom. The molecule has 1 amide bonds. The molecular formula is C25H27F2N3O2S. The van der Waals surface area contributed by atoms with Crippen LogP contribution in [0.25, 0.3) is 10.6 Å². The van der Waals surface area contributed by atoms with Crippen LogP contribution in [0.3, 0.4) is 0 Å². The number of benzene rings is 2. The highest BCUT2D eigenvalue weighted by molar-refractivity contribution is 7.13. The molecule has 0 saturated heterocycles. The van der Waals surface area contributed by atoms with Crippen LogP contribution in [0.2, 0.25) is 0 Å². The highest BCUT2D eigenvalue weighted by atomic mass is 32.1. The topological polar surface area (TPSA) is 74.2 Å². The standard InChI is InChI=1S/C25H27F2N3O2S/c1-15(31)30-23(11-16-9-19(26)13-20(27)10-16)24(32)14-29-22-4-2-3-17-5-6-18(12-21(17)22)25-28-7-8-33-25/h5-10,12-13,22-24,29,32H,2-4,11,14H2,1H3,(H,30,31)/t22?,23-,24+/m0/s1. The van der Waals surface area contributed by atoms with Crippen molar-refractivity contribution in [2.45, 2.75) is 50.8 Å². The van der Waals surface area contributed by atoms with Crippen molar-refractivity contribution in [3.8, 4) is 10.6 Å². The van der Waals surface area contributed by atoms with E-state index in [4.69, 9.17) is 0 Å². The van der Waals surface area contributed by atoms with E-state index in [2.05, 4.69) is 33.8 Å². The van der Waals surface area contributed by atoms with E-state index in [1.807, 2.05) is 5.38 Å². The van der Waals surface area contributed by atoms with E-state index in [-0.39, 0.29) is 24.9 Å². The van der Waals surface area contributed by atoms with Crippen molar-refractivity contribution < 1.29 is 18.7 Å². The number of hydrogen-bond donors (Lipinski definition) is 3. The fraction of sp³-hybridized carbons (Fsp3) is 0.360. The summed E-state index contributed by atoms with van der Waals surface area (Å²) in [6.45, 7) is 1.59. The zero-order valence-electron chi connectivity index (χ0n) is 18.4. The zero-order valence-corrected chi connectivity index (χ0v) is 19.2. The van der Waals surface area contributed by atoms with Gasteiger partial charge in [-0.25, -0.2) is 13.8 Å². The molecule has 1 aliphatic rings. The Morgan fingerprint density at radius 2 is 2.03 bits per heavy atom. The number of amides is 1. The molecule has 0 fully saturated rings. The summed E-state index contributed by atoms with van der Waals surface area (Å²) in [5.41, 5.74) is 3.93. The number of carbonyl (C=O) groups excluding carboxylic acids is 1. The van der Waals surface area contributed by atoms with Crippen LogP contribution < -0.4 is 10.6 Å². The van der Waals surface area contributed by atoms with Crippen molar-refractivity contribution in [1.82, 2.24) is 15.6 Å². The Bertz CT molecular complexity index is 1090. The highest BCUT2D eigenvalue weighted by Gasteiger charge is 2.25. The summed E-state index contributed by atoms with van der Waals surface area (Å²) in [5.74, 6) is -1.69. The molecule has 1 aromatic heterocycles. The molecule has 0 radical (unpaired) electrons. The number of halogens is 2. The van der Waals surface area contributed by atoms with Crippen molar-refractivity contribution >= 4 is 17.2 Å². The molecule has 174 valence electrons. The van der Waals surface area contributed by atoms with Gasteiger partial charge in [-0.2, -0.15) is 0 Å². The summed E-state index contributed by atoms with van der Waals surface area (Å²) in [7, 11) is 0. The minimum atomic E-state index is -0.937. The largest absolute Gasteiger partial charge is 0.390 e. The van der Waals surface area contributed by atoms with E-state index < -0.39 is 23.8 Å². The van der Waals surface area contributed by atoms with Crippen molar-refractivity contribution in [1.29, 1.82) is 0 Å². The lowest BCUT2D eigenvalue weighted by atomic mass is 9.86. The van der Waals surface area contributed by atoms with E-state index in [0.717, 1.165) is 35.9 Å². The molecule has 0 aliphatic heterocycles. The quantitative estimate of drug-likeness (QED) is 0.461. The van der Waals surface area contributed by atoms with Gasteiger partial charge in [-0.15, -0.1) is 11.3 Å². The van der Waals surface area contributed by atoms with Crippen LogP contribution in [0.15, 0.2) is 48.0 Å². The summed E-state index contributed by atoms with van der Waals surface area (Å²) in [6, 6.07) is 9.03. The lowest BCUT2D eigenvalue weighted by Gasteiger charge is -2.30. The Hall–Kier alpha value is -2.68. The lowest BCUT2D eigenvalue weighted by molar-refractivity contribution is -0.120. The molecule has 5 nitrogen and oxygen atoms in total. The summed E-state index contributed by atoms with van der Waals surface area (Å²) in [6.07, 6.45) is 3.95. The summed E-state index contributed by atoms with van der Waals surface area (Å²) in [4.78, 5) is 16.1. The number of carbonyl (C=O) groups is 1.